The van der Waals surface area contributed by atoms with Gasteiger partial charge in [0.25, 0.3) is 0 Å². The van der Waals surface area contributed by atoms with Gasteiger partial charge in [0.05, 0.1) is 43.2 Å². The minimum atomic E-state index is -0.392. The van der Waals surface area contributed by atoms with E-state index in [1.165, 1.54) is 5.56 Å². The number of nitrogens with zero attached hydrogens (tertiary/aromatic N) is 3. The fourth-order valence-corrected chi connectivity index (χ4v) is 7.61. The Morgan fingerprint density at radius 1 is 1.00 bits per heavy atom. The van der Waals surface area contributed by atoms with Crippen molar-refractivity contribution in [3.63, 3.8) is 0 Å². The summed E-state index contributed by atoms with van der Waals surface area (Å²) in [6, 6.07) is 24.5. The maximum Gasteiger partial charge on any atom is 0.355 e. The van der Waals surface area contributed by atoms with Crippen LogP contribution in [0.1, 0.15) is 46.3 Å². The van der Waals surface area contributed by atoms with E-state index >= 15 is 0 Å². The molecule has 0 aliphatic rings. The van der Waals surface area contributed by atoms with Gasteiger partial charge in [0.15, 0.2) is 0 Å². The third-order valence-electron chi connectivity index (χ3n) is 8.87. The van der Waals surface area contributed by atoms with Crippen molar-refractivity contribution in [2.24, 2.45) is 14.1 Å². The van der Waals surface area contributed by atoms with E-state index in [2.05, 4.69) is 41.5 Å². The van der Waals surface area contributed by atoms with Crippen molar-refractivity contribution in [1.29, 1.82) is 0 Å². The number of esters is 1. The summed E-state index contributed by atoms with van der Waals surface area (Å²) in [4.78, 5) is 14.6. The van der Waals surface area contributed by atoms with E-state index in [9.17, 15) is 9.90 Å². The number of hydrogen-bond acceptors (Lipinski definition) is 7. The summed E-state index contributed by atoms with van der Waals surface area (Å²) in [6.45, 7) is 4.22. The van der Waals surface area contributed by atoms with Gasteiger partial charge >= 0.3 is 5.97 Å². The molecule has 10 heteroatoms. The number of fused-ring (bicyclic) bond motifs is 2. The predicted molar refractivity (Wildman–Crippen MR) is 197 cm³/mol. The quantitative estimate of drug-likeness (QED) is 0.0734. The van der Waals surface area contributed by atoms with Crippen LogP contribution in [0.5, 0.6) is 11.5 Å². The molecular formula is C39H40ClN3O5S. The maximum atomic E-state index is 13.4. The van der Waals surface area contributed by atoms with Crippen LogP contribution in [0.15, 0.2) is 77.7 Å². The summed E-state index contributed by atoms with van der Waals surface area (Å²) in [7, 11) is 5.37. The average Bonchev–Trinajstić information content (AvgIpc) is 3.56. The molecule has 0 radical (unpaired) electrons. The third kappa shape index (κ3) is 6.88. The number of hydrogen-bond donors (Lipinski definition) is 1. The van der Waals surface area contributed by atoms with Gasteiger partial charge in [-0.1, -0.05) is 54.1 Å². The fraction of sp³-hybridized carbons (Fsp3) is 0.282. The van der Waals surface area contributed by atoms with E-state index < -0.39 is 5.97 Å². The lowest BCUT2D eigenvalue weighted by Gasteiger charge is -2.13. The minimum Gasteiger partial charge on any atom is -0.497 e. The molecule has 2 aromatic heterocycles. The van der Waals surface area contributed by atoms with Crippen molar-refractivity contribution in [1.82, 2.24) is 14.3 Å². The standard InChI is InChI=1S/C39H40ClN3O5S/c1-6-47-39(45)38-30(31-17-18-32(40)36(37(31)42(38)3)35-24(2)43(4)41-33(35)22-44)12-9-19-48-34-21-28(20-26-10-7-8-11-29(26)34)49-23-25-13-15-27(46-5)16-14-25/h7-8,10-11,13-18,20-21,44H,6,9,12,19,22-23H2,1-5H3. The number of methoxy groups -OCH3 is 1. The topological polar surface area (TPSA) is 87.7 Å². The van der Waals surface area contributed by atoms with Gasteiger partial charge in [0, 0.05) is 52.3 Å². The number of benzene rings is 4. The Morgan fingerprint density at radius 2 is 1.78 bits per heavy atom. The highest BCUT2D eigenvalue weighted by Crippen LogP contribution is 2.42. The van der Waals surface area contributed by atoms with Crippen molar-refractivity contribution in [3.05, 3.63) is 106 Å². The first-order chi connectivity index (χ1) is 23.7. The van der Waals surface area contributed by atoms with Crippen LogP contribution >= 0.6 is 23.4 Å². The molecule has 0 amide bonds. The first kappa shape index (κ1) is 34.4. The SMILES string of the molecule is CCOC(=O)c1c(CCCOc2cc(SCc3ccc(OC)cc3)cc3ccccc23)c2ccc(Cl)c(-c3c(CO)nn(C)c3C)c2n1C. The summed E-state index contributed by atoms with van der Waals surface area (Å²) in [6.07, 6.45) is 1.24. The Labute approximate surface area is 295 Å². The first-order valence-electron chi connectivity index (χ1n) is 16.3. The van der Waals surface area contributed by atoms with E-state index in [0.717, 1.165) is 66.2 Å². The number of aromatic nitrogens is 3. The summed E-state index contributed by atoms with van der Waals surface area (Å²) in [5.41, 5.74) is 6.26. The largest absolute Gasteiger partial charge is 0.497 e. The summed E-state index contributed by atoms with van der Waals surface area (Å²) < 4.78 is 20.9. The zero-order valence-electron chi connectivity index (χ0n) is 28.4. The van der Waals surface area contributed by atoms with Gasteiger partial charge in [0.1, 0.15) is 17.2 Å². The molecule has 8 nitrogen and oxygen atoms in total. The van der Waals surface area contributed by atoms with Crippen molar-refractivity contribution in [3.8, 4) is 22.6 Å². The Morgan fingerprint density at radius 3 is 2.51 bits per heavy atom. The van der Waals surface area contributed by atoms with Gasteiger partial charge in [-0.15, -0.1) is 11.8 Å². The lowest BCUT2D eigenvalue weighted by Crippen LogP contribution is -2.13. The van der Waals surface area contributed by atoms with E-state index in [-0.39, 0.29) is 13.2 Å². The molecule has 0 unspecified atom stereocenters. The minimum absolute atomic E-state index is 0.237. The molecule has 0 fully saturated rings. The number of ether oxygens (including phenoxy) is 3. The molecule has 0 spiro atoms. The number of aryl methyl sites for hydroxylation is 3. The lowest BCUT2D eigenvalue weighted by molar-refractivity contribution is 0.0514. The number of halogens is 1. The predicted octanol–water partition coefficient (Wildman–Crippen LogP) is 8.68. The maximum absolute atomic E-state index is 13.4. The van der Waals surface area contributed by atoms with Gasteiger partial charge < -0.3 is 23.9 Å². The van der Waals surface area contributed by atoms with Crippen molar-refractivity contribution in [2.45, 2.75) is 43.9 Å². The molecule has 0 aliphatic heterocycles. The molecule has 1 N–H and O–H groups in total. The average molecular weight is 698 g/mol. The zero-order chi connectivity index (χ0) is 34.7. The van der Waals surface area contributed by atoms with E-state index in [0.29, 0.717) is 35.9 Å². The fourth-order valence-electron chi connectivity index (χ4n) is 6.43. The molecule has 2 heterocycles. The van der Waals surface area contributed by atoms with E-state index in [4.69, 9.17) is 25.8 Å². The van der Waals surface area contributed by atoms with Crippen LogP contribution in [0.25, 0.3) is 32.8 Å². The van der Waals surface area contributed by atoms with Gasteiger partial charge in [-0.3, -0.25) is 4.68 Å². The Hall–Kier alpha value is -4.44. The smallest absolute Gasteiger partial charge is 0.355 e. The summed E-state index contributed by atoms with van der Waals surface area (Å²) in [5.74, 6) is 2.11. The summed E-state index contributed by atoms with van der Waals surface area (Å²) in [5, 5.41) is 18.3. The van der Waals surface area contributed by atoms with Crippen LogP contribution in [0.3, 0.4) is 0 Å². The molecule has 4 aromatic carbocycles. The Bertz CT molecular complexity index is 2140. The van der Waals surface area contributed by atoms with Crippen LogP contribution in [0.4, 0.5) is 0 Å². The number of thioether (sulfide) groups is 1. The van der Waals surface area contributed by atoms with Crippen LogP contribution < -0.4 is 9.47 Å². The van der Waals surface area contributed by atoms with Crippen molar-refractivity contribution < 1.29 is 24.1 Å². The van der Waals surface area contributed by atoms with E-state index in [1.54, 1.807) is 30.5 Å². The van der Waals surface area contributed by atoms with Crippen LogP contribution in [0.2, 0.25) is 5.02 Å². The van der Waals surface area contributed by atoms with Crippen LogP contribution in [0, 0.1) is 6.92 Å². The van der Waals surface area contributed by atoms with Crippen molar-refractivity contribution >= 4 is 51.0 Å². The zero-order valence-corrected chi connectivity index (χ0v) is 30.0. The van der Waals surface area contributed by atoms with Gasteiger partial charge in [-0.05, 0) is 73.5 Å². The second-order valence-electron chi connectivity index (χ2n) is 11.8. The molecule has 0 saturated carbocycles. The summed E-state index contributed by atoms with van der Waals surface area (Å²) >= 11 is 8.64. The number of aliphatic hydroxyl groups excluding tert-OH is 1. The molecule has 0 aliphatic carbocycles. The Balaban J connectivity index is 1.29. The number of carbonyl (C=O) groups is 1. The Kier molecular flexibility index (Phi) is 10.5. The molecule has 6 aromatic rings. The molecule has 6 rings (SSSR count). The third-order valence-corrected chi connectivity index (χ3v) is 10.2. The van der Waals surface area contributed by atoms with Crippen LogP contribution in [-0.2, 0) is 37.6 Å². The number of aliphatic hydroxyl groups is 1. The first-order valence-corrected chi connectivity index (χ1v) is 17.6. The number of rotatable bonds is 13. The highest BCUT2D eigenvalue weighted by atomic mass is 35.5. The molecule has 0 bridgehead atoms. The highest BCUT2D eigenvalue weighted by molar-refractivity contribution is 7.98. The molecule has 254 valence electrons. The normalized spacial score (nSPS) is 11.4. The van der Waals surface area contributed by atoms with Gasteiger partial charge in [-0.25, -0.2) is 4.79 Å². The monoisotopic (exact) mass is 697 g/mol. The molecular weight excluding hydrogens is 658 g/mol. The highest BCUT2D eigenvalue weighted by Gasteiger charge is 2.27. The van der Waals surface area contributed by atoms with Crippen molar-refractivity contribution in [2.75, 3.05) is 20.3 Å². The lowest BCUT2D eigenvalue weighted by atomic mass is 9.98. The van der Waals surface area contributed by atoms with Gasteiger partial charge in [-0.2, -0.15) is 5.10 Å². The molecule has 0 atom stereocenters. The molecule has 49 heavy (non-hydrogen) atoms. The van der Waals surface area contributed by atoms with E-state index in [1.807, 2.05) is 62.0 Å². The second-order valence-corrected chi connectivity index (χ2v) is 13.3. The van der Waals surface area contributed by atoms with Gasteiger partial charge in [0.2, 0.25) is 0 Å². The second kappa shape index (κ2) is 15.0. The van der Waals surface area contributed by atoms with Crippen LogP contribution in [-0.4, -0.2) is 45.7 Å². The number of carbonyl (C=O) groups excluding carboxylic acids is 1. The molecule has 0 saturated heterocycles.